The number of rotatable bonds is 11. The summed E-state index contributed by atoms with van der Waals surface area (Å²) < 4.78 is 34.1. The number of fused-ring (bicyclic) bond motifs is 1. The van der Waals surface area contributed by atoms with Crippen LogP contribution in [0.1, 0.15) is 67.7 Å². The van der Waals surface area contributed by atoms with Crippen LogP contribution in [0, 0.1) is 0 Å². The molecule has 4 aromatic rings. The number of nitrogens with zero attached hydrogens (tertiary/aromatic N) is 2. The molecule has 2 aliphatic rings. The molecule has 0 radical (unpaired) electrons. The van der Waals surface area contributed by atoms with Gasteiger partial charge in [-0.2, -0.15) is 0 Å². The lowest BCUT2D eigenvalue weighted by Crippen LogP contribution is -2.35. The number of carbonyl (C=O) groups is 1. The second kappa shape index (κ2) is 12.4. The van der Waals surface area contributed by atoms with E-state index in [1.807, 2.05) is 53.4 Å². The van der Waals surface area contributed by atoms with Crippen molar-refractivity contribution in [2.24, 2.45) is 0 Å². The van der Waals surface area contributed by atoms with E-state index in [0.29, 0.717) is 24.4 Å². The summed E-state index contributed by atoms with van der Waals surface area (Å²) in [6, 6.07) is 28.6. The molecule has 2 N–H and O–H groups in total. The molecule has 2 saturated heterocycles. The van der Waals surface area contributed by atoms with Crippen molar-refractivity contribution in [3.63, 3.8) is 0 Å². The number of hydrogen-bond donors (Lipinski definition) is 2. The summed E-state index contributed by atoms with van der Waals surface area (Å²) >= 11 is 0. The van der Waals surface area contributed by atoms with E-state index in [-0.39, 0.29) is 30.5 Å². The van der Waals surface area contributed by atoms with Gasteiger partial charge in [0.2, 0.25) is 5.91 Å². The normalized spacial score (nSPS) is 18.4. The molecule has 3 heterocycles. The topological polar surface area (TPSA) is 83.4 Å². The van der Waals surface area contributed by atoms with Crippen molar-refractivity contribution in [1.82, 2.24) is 19.5 Å². The number of nitrogens with one attached hydrogen (secondary N) is 2. The summed E-state index contributed by atoms with van der Waals surface area (Å²) in [7, 11) is -3.95. The minimum absolute atomic E-state index is 0.0767. The Labute approximate surface area is 249 Å². The van der Waals surface area contributed by atoms with Crippen LogP contribution in [0.15, 0.2) is 90.0 Å². The molecule has 2 fully saturated rings. The molecule has 8 heteroatoms. The zero-order valence-corrected chi connectivity index (χ0v) is 25.0. The Morgan fingerprint density at radius 2 is 1.60 bits per heavy atom. The molecule has 42 heavy (non-hydrogen) atoms. The van der Waals surface area contributed by atoms with Gasteiger partial charge >= 0.3 is 0 Å². The lowest BCUT2D eigenvalue weighted by atomic mass is 9.85. The smallest absolute Gasteiger partial charge is 0.256 e. The Bertz CT molecular complexity index is 1590. The molecule has 220 valence electrons. The van der Waals surface area contributed by atoms with Crippen LogP contribution in [-0.2, 0) is 14.8 Å². The molecular formula is C34H40N4O3S. The molecule has 7 nitrogen and oxygen atoms in total. The lowest BCUT2D eigenvalue weighted by Gasteiger charge is -2.26. The van der Waals surface area contributed by atoms with Crippen LogP contribution in [-0.4, -0.2) is 56.0 Å². The van der Waals surface area contributed by atoms with Crippen molar-refractivity contribution in [1.29, 1.82) is 0 Å². The Morgan fingerprint density at radius 1 is 0.929 bits per heavy atom. The van der Waals surface area contributed by atoms with E-state index in [4.69, 9.17) is 0 Å². The SMILES string of the molecule is CC(C1CCCN1)n1c(S(=O)(=O)NCCCN2CCCC2=O)c(C(c2ccccc2)c2ccccc2)c2ccccc21. The van der Waals surface area contributed by atoms with Crippen LogP contribution < -0.4 is 10.0 Å². The van der Waals surface area contributed by atoms with Gasteiger partial charge in [-0.1, -0.05) is 78.9 Å². The molecule has 1 aromatic heterocycles. The van der Waals surface area contributed by atoms with Crippen LogP contribution >= 0.6 is 0 Å². The molecule has 2 atom stereocenters. The molecule has 0 spiro atoms. The molecule has 6 rings (SSSR count). The standard InChI is InChI=1S/C34H40N4O3S/c1-25(29-18-10-21-35-29)38-30-19-9-8-17-28(30)33(32(26-13-4-2-5-14-26)27-15-6-3-7-16-27)34(38)42(40,41)36-22-12-24-37-23-11-20-31(37)39/h2-9,13-17,19,25,29,32,35-36H,10-12,18,20-24H2,1H3. The summed E-state index contributed by atoms with van der Waals surface area (Å²) in [6.45, 7) is 4.66. The Balaban J connectivity index is 1.50. The van der Waals surface area contributed by atoms with Crippen molar-refractivity contribution in [3.8, 4) is 0 Å². The van der Waals surface area contributed by atoms with E-state index < -0.39 is 10.0 Å². The molecule has 0 saturated carbocycles. The molecule has 1 amide bonds. The second-order valence-electron chi connectivity index (χ2n) is 11.5. The van der Waals surface area contributed by atoms with Gasteiger partial charge in [0.1, 0.15) is 0 Å². The van der Waals surface area contributed by atoms with E-state index in [0.717, 1.165) is 59.9 Å². The van der Waals surface area contributed by atoms with E-state index in [1.54, 1.807) is 0 Å². The fourth-order valence-corrected chi connectivity index (χ4v) is 8.42. The minimum atomic E-state index is -3.95. The van der Waals surface area contributed by atoms with Crippen molar-refractivity contribution in [3.05, 3.63) is 102 Å². The van der Waals surface area contributed by atoms with Crippen molar-refractivity contribution in [2.75, 3.05) is 26.2 Å². The molecule has 2 unspecified atom stereocenters. The van der Waals surface area contributed by atoms with Crippen molar-refractivity contribution >= 4 is 26.8 Å². The van der Waals surface area contributed by atoms with Gasteiger partial charge in [-0.05, 0) is 56.3 Å². The van der Waals surface area contributed by atoms with Crippen LogP contribution in [0.3, 0.4) is 0 Å². The molecular weight excluding hydrogens is 544 g/mol. The summed E-state index contributed by atoms with van der Waals surface area (Å²) in [6.07, 6.45) is 4.11. The van der Waals surface area contributed by atoms with Gasteiger partial charge in [0.15, 0.2) is 5.03 Å². The predicted molar refractivity (Wildman–Crippen MR) is 167 cm³/mol. The third-order valence-corrected chi connectivity index (χ3v) is 10.4. The van der Waals surface area contributed by atoms with Crippen LogP contribution in [0.5, 0.6) is 0 Å². The zero-order valence-electron chi connectivity index (χ0n) is 24.2. The summed E-state index contributed by atoms with van der Waals surface area (Å²) in [5, 5.41) is 4.89. The van der Waals surface area contributed by atoms with Gasteiger partial charge in [-0.15, -0.1) is 0 Å². The fourth-order valence-electron chi connectivity index (χ4n) is 6.83. The molecule has 0 bridgehead atoms. The fraction of sp³-hybridized carbons (Fsp3) is 0.382. The molecule has 2 aliphatic heterocycles. The number of sulfonamides is 1. The quantitative estimate of drug-likeness (QED) is 0.231. The third-order valence-electron chi connectivity index (χ3n) is 8.87. The first kappa shape index (κ1) is 28.6. The number of benzene rings is 3. The van der Waals surface area contributed by atoms with Crippen LogP contribution in [0.25, 0.3) is 10.9 Å². The van der Waals surface area contributed by atoms with Gasteiger partial charge in [0, 0.05) is 60.5 Å². The predicted octanol–water partition coefficient (Wildman–Crippen LogP) is 5.43. The average Bonchev–Trinajstić information content (AvgIpc) is 3.77. The second-order valence-corrected chi connectivity index (χ2v) is 13.2. The van der Waals surface area contributed by atoms with E-state index in [2.05, 4.69) is 57.9 Å². The van der Waals surface area contributed by atoms with Crippen molar-refractivity contribution in [2.45, 2.75) is 62.1 Å². The van der Waals surface area contributed by atoms with E-state index in [1.165, 1.54) is 0 Å². The maximum atomic E-state index is 14.6. The Hall–Kier alpha value is -3.46. The van der Waals surface area contributed by atoms with Crippen LogP contribution in [0.2, 0.25) is 0 Å². The van der Waals surface area contributed by atoms with Gasteiger partial charge in [-0.25, -0.2) is 13.1 Å². The highest BCUT2D eigenvalue weighted by molar-refractivity contribution is 7.89. The Morgan fingerprint density at radius 3 is 2.21 bits per heavy atom. The number of aromatic nitrogens is 1. The van der Waals surface area contributed by atoms with Crippen molar-refractivity contribution < 1.29 is 13.2 Å². The van der Waals surface area contributed by atoms with Crippen LogP contribution in [0.4, 0.5) is 0 Å². The van der Waals surface area contributed by atoms with Gasteiger partial charge in [0.05, 0.1) is 0 Å². The number of amides is 1. The van der Waals surface area contributed by atoms with Gasteiger partial charge < -0.3 is 14.8 Å². The zero-order chi connectivity index (χ0) is 29.1. The summed E-state index contributed by atoms with van der Waals surface area (Å²) in [5.41, 5.74) is 3.81. The number of para-hydroxylation sites is 1. The van der Waals surface area contributed by atoms with E-state index >= 15 is 0 Å². The van der Waals surface area contributed by atoms with Gasteiger partial charge in [0.25, 0.3) is 10.0 Å². The lowest BCUT2D eigenvalue weighted by molar-refractivity contribution is -0.127. The highest BCUT2D eigenvalue weighted by Crippen LogP contribution is 2.43. The molecule has 0 aliphatic carbocycles. The summed E-state index contributed by atoms with van der Waals surface area (Å²) in [4.78, 5) is 13.9. The maximum Gasteiger partial charge on any atom is 0.256 e. The first-order valence-electron chi connectivity index (χ1n) is 15.2. The van der Waals surface area contributed by atoms with E-state index in [9.17, 15) is 13.2 Å². The summed E-state index contributed by atoms with van der Waals surface area (Å²) in [5.74, 6) is -0.122. The first-order chi connectivity index (χ1) is 20.5. The first-order valence-corrected chi connectivity index (χ1v) is 16.7. The monoisotopic (exact) mass is 584 g/mol. The number of hydrogen-bond acceptors (Lipinski definition) is 4. The van der Waals surface area contributed by atoms with Gasteiger partial charge in [-0.3, -0.25) is 4.79 Å². The maximum absolute atomic E-state index is 14.6. The Kier molecular flexibility index (Phi) is 8.47. The largest absolute Gasteiger partial charge is 0.343 e. The highest BCUT2D eigenvalue weighted by atomic mass is 32.2. The minimum Gasteiger partial charge on any atom is -0.343 e. The third kappa shape index (κ3) is 5.63. The molecule has 3 aromatic carbocycles. The number of likely N-dealkylation sites (tertiary alicyclic amines) is 1. The average molecular weight is 585 g/mol. The highest BCUT2D eigenvalue weighted by Gasteiger charge is 2.36. The number of carbonyl (C=O) groups excluding carboxylic acids is 1.